The van der Waals surface area contributed by atoms with E-state index in [1.54, 1.807) is 0 Å². The van der Waals surface area contributed by atoms with Gasteiger partial charge in [-0.2, -0.15) is 0 Å². The lowest BCUT2D eigenvalue weighted by molar-refractivity contribution is 0.113. The largest absolute Gasteiger partial charge is 0.465 e. The summed E-state index contributed by atoms with van der Waals surface area (Å²) in [5.41, 5.74) is 1.31. The Morgan fingerprint density at radius 2 is 2.20 bits per heavy atom. The molecular formula is C17H30N2O. The number of furan rings is 1. The molecule has 114 valence electrons. The van der Waals surface area contributed by atoms with Crippen molar-refractivity contribution in [3.63, 3.8) is 0 Å². The molecule has 0 aromatic carbocycles. The van der Waals surface area contributed by atoms with Crippen LogP contribution in [0.1, 0.15) is 57.1 Å². The molecular weight excluding hydrogens is 248 g/mol. The number of aryl methyl sites for hydroxylation is 1. The monoisotopic (exact) mass is 278 g/mol. The number of likely N-dealkylation sites (tertiary alicyclic amines) is 1. The highest BCUT2D eigenvalue weighted by Crippen LogP contribution is 2.25. The van der Waals surface area contributed by atoms with Gasteiger partial charge in [0.15, 0.2) is 0 Å². The zero-order chi connectivity index (χ0) is 14.5. The molecule has 1 aromatic rings. The van der Waals surface area contributed by atoms with Gasteiger partial charge in [0.05, 0.1) is 6.54 Å². The zero-order valence-electron chi connectivity index (χ0n) is 13.5. The van der Waals surface area contributed by atoms with Crippen LogP contribution in [0.3, 0.4) is 0 Å². The first kappa shape index (κ1) is 15.6. The van der Waals surface area contributed by atoms with Crippen molar-refractivity contribution in [2.75, 3.05) is 13.1 Å². The summed E-state index contributed by atoms with van der Waals surface area (Å²) in [5, 5.41) is 3.45. The number of nitrogens with one attached hydrogen (secondary N) is 1. The van der Waals surface area contributed by atoms with Crippen molar-refractivity contribution >= 4 is 0 Å². The summed E-state index contributed by atoms with van der Waals surface area (Å²) < 4.78 is 5.94. The number of nitrogens with zero attached hydrogens (tertiary/aromatic N) is 1. The molecule has 2 unspecified atom stereocenters. The fourth-order valence-electron chi connectivity index (χ4n) is 3.13. The van der Waals surface area contributed by atoms with Crippen molar-refractivity contribution in [3.8, 4) is 0 Å². The van der Waals surface area contributed by atoms with E-state index in [0.717, 1.165) is 37.1 Å². The van der Waals surface area contributed by atoms with E-state index in [0.29, 0.717) is 6.04 Å². The third-order valence-corrected chi connectivity index (χ3v) is 4.45. The van der Waals surface area contributed by atoms with Crippen LogP contribution in [-0.4, -0.2) is 24.0 Å². The van der Waals surface area contributed by atoms with Crippen LogP contribution in [0.5, 0.6) is 0 Å². The predicted octanol–water partition coefficient (Wildman–Crippen LogP) is 3.71. The van der Waals surface area contributed by atoms with Crippen LogP contribution in [0.2, 0.25) is 0 Å². The Bertz CT molecular complexity index is 413. The van der Waals surface area contributed by atoms with E-state index in [-0.39, 0.29) is 0 Å². The van der Waals surface area contributed by atoms with E-state index in [9.17, 15) is 0 Å². The minimum absolute atomic E-state index is 0.672. The Hall–Kier alpha value is -0.800. The topological polar surface area (TPSA) is 28.4 Å². The Morgan fingerprint density at radius 1 is 1.40 bits per heavy atom. The van der Waals surface area contributed by atoms with Crippen molar-refractivity contribution in [2.45, 2.75) is 66.1 Å². The zero-order valence-corrected chi connectivity index (χ0v) is 13.5. The second kappa shape index (κ2) is 7.28. The summed E-state index contributed by atoms with van der Waals surface area (Å²) in [4.78, 5) is 2.56. The number of rotatable bonds is 6. The molecule has 0 bridgehead atoms. The first-order chi connectivity index (χ1) is 9.60. The second-order valence-electron chi connectivity index (χ2n) is 6.42. The lowest BCUT2D eigenvalue weighted by atomic mass is 9.93. The molecule has 2 heterocycles. The van der Waals surface area contributed by atoms with Crippen LogP contribution in [0.4, 0.5) is 0 Å². The molecule has 1 aliphatic rings. The minimum atomic E-state index is 0.672. The van der Waals surface area contributed by atoms with Crippen molar-refractivity contribution in [1.82, 2.24) is 10.2 Å². The van der Waals surface area contributed by atoms with Gasteiger partial charge in [0.25, 0.3) is 0 Å². The summed E-state index contributed by atoms with van der Waals surface area (Å²) in [6.45, 7) is 13.1. The van der Waals surface area contributed by atoms with Gasteiger partial charge in [0.1, 0.15) is 11.5 Å². The summed E-state index contributed by atoms with van der Waals surface area (Å²) in [7, 11) is 0. The third kappa shape index (κ3) is 4.10. The Kier molecular flexibility index (Phi) is 5.67. The summed E-state index contributed by atoms with van der Waals surface area (Å²) in [6, 6.07) is 2.91. The molecule has 1 saturated heterocycles. The molecule has 1 aromatic heterocycles. The molecule has 20 heavy (non-hydrogen) atoms. The van der Waals surface area contributed by atoms with Crippen molar-refractivity contribution in [1.29, 1.82) is 0 Å². The van der Waals surface area contributed by atoms with Crippen molar-refractivity contribution < 1.29 is 4.42 Å². The highest BCUT2D eigenvalue weighted by atomic mass is 16.3. The minimum Gasteiger partial charge on any atom is -0.465 e. The van der Waals surface area contributed by atoms with Gasteiger partial charge < -0.3 is 9.73 Å². The molecule has 0 saturated carbocycles. The van der Waals surface area contributed by atoms with Gasteiger partial charge in [-0.1, -0.05) is 13.8 Å². The first-order valence-electron chi connectivity index (χ1n) is 8.13. The standard InChI is InChI=1S/C17H30N2O/c1-5-7-18-11-16-10-17(20-15(16)4)12-19-8-6-13(2)9-14(19)3/h10,13-14,18H,5-9,11-12H2,1-4H3. The van der Waals surface area contributed by atoms with E-state index in [4.69, 9.17) is 4.42 Å². The Balaban J connectivity index is 1.91. The van der Waals surface area contributed by atoms with Gasteiger partial charge >= 0.3 is 0 Å². The molecule has 1 fully saturated rings. The quantitative estimate of drug-likeness (QED) is 0.804. The maximum atomic E-state index is 5.94. The van der Waals surface area contributed by atoms with Crippen LogP contribution in [-0.2, 0) is 13.1 Å². The summed E-state index contributed by atoms with van der Waals surface area (Å²) >= 11 is 0. The van der Waals surface area contributed by atoms with Gasteiger partial charge in [-0.15, -0.1) is 0 Å². The van der Waals surface area contributed by atoms with Gasteiger partial charge in [-0.3, -0.25) is 4.90 Å². The van der Waals surface area contributed by atoms with E-state index in [1.165, 1.54) is 31.4 Å². The molecule has 0 radical (unpaired) electrons. The van der Waals surface area contributed by atoms with Gasteiger partial charge in [-0.25, -0.2) is 0 Å². The predicted molar refractivity (Wildman–Crippen MR) is 83.7 cm³/mol. The smallest absolute Gasteiger partial charge is 0.118 e. The molecule has 0 aliphatic carbocycles. The SMILES string of the molecule is CCCNCc1cc(CN2CCC(C)CC2C)oc1C. The van der Waals surface area contributed by atoms with E-state index >= 15 is 0 Å². The number of hydrogen-bond acceptors (Lipinski definition) is 3. The van der Waals surface area contributed by atoms with E-state index < -0.39 is 0 Å². The highest BCUT2D eigenvalue weighted by Gasteiger charge is 2.23. The molecule has 2 atom stereocenters. The van der Waals surface area contributed by atoms with E-state index in [1.807, 2.05) is 0 Å². The number of piperidine rings is 1. The van der Waals surface area contributed by atoms with Gasteiger partial charge in [-0.05, 0) is 58.2 Å². The molecule has 1 aliphatic heterocycles. The first-order valence-corrected chi connectivity index (χ1v) is 8.13. The lowest BCUT2D eigenvalue weighted by Gasteiger charge is -2.35. The van der Waals surface area contributed by atoms with Crippen LogP contribution in [0.15, 0.2) is 10.5 Å². The highest BCUT2D eigenvalue weighted by molar-refractivity contribution is 5.20. The molecule has 3 heteroatoms. The Morgan fingerprint density at radius 3 is 2.90 bits per heavy atom. The van der Waals surface area contributed by atoms with Crippen LogP contribution in [0, 0.1) is 12.8 Å². The maximum absolute atomic E-state index is 5.94. The molecule has 3 nitrogen and oxygen atoms in total. The number of hydrogen-bond donors (Lipinski definition) is 1. The maximum Gasteiger partial charge on any atom is 0.118 e. The molecule has 1 N–H and O–H groups in total. The average molecular weight is 278 g/mol. The van der Waals surface area contributed by atoms with Crippen LogP contribution >= 0.6 is 0 Å². The fourth-order valence-corrected chi connectivity index (χ4v) is 3.13. The van der Waals surface area contributed by atoms with Crippen molar-refractivity contribution in [2.24, 2.45) is 5.92 Å². The second-order valence-corrected chi connectivity index (χ2v) is 6.42. The summed E-state index contributed by atoms with van der Waals surface area (Å²) in [6.07, 6.45) is 3.80. The average Bonchev–Trinajstić information content (AvgIpc) is 2.74. The molecule has 0 spiro atoms. The van der Waals surface area contributed by atoms with Gasteiger partial charge in [0.2, 0.25) is 0 Å². The van der Waals surface area contributed by atoms with Gasteiger partial charge in [0, 0.05) is 18.2 Å². The van der Waals surface area contributed by atoms with E-state index in [2.05, 4.69) is 44.0 Å². The molecule has 0 amide bonds. The lowest BCUT2D eigenvalue weighted by Crippen LogP contribution is -2.39. The Labute approximate surface area is 123 Å². The fraction of sp³-hybridized carbons (Fsp3) is 0.765. The normalized spacial score (nSPS) is 24.2. The summed E-state index contributed by atoms with van der Waals surface area (Å²) in [5.74, 6) is 3.06. The van der Waals surface area contributed by atoms with Crippen LogP contribution < -0.4 is 5.32 Å². The molecule has 2 rings (SSSR count). The van der Waals surface area contributed by atoms with Crippen LogP contribution in [0.25, 0.3) is 0 Å². The van der Waals surface area contributed by atoms with Crippen molar-refractivity contribution in [3.05, 3.63) is 23.2 Å². The third-order valence-electron chi connectivity index (χ3n) is 4.45.